The summed E-state index contributed by atoms with van der Waals surface area (Å²) in [5, 5.41) is 14.1. The number of rotatable bonds is 0. The average molecular weight is 224 g/mol. The number of piperidine rings is 1. The van der Waals surface area contributed by atoms with Gasteiger partial charge in [-0.1, -0.05) is 27.7 Å². The predicted molar refractivity (Wildman–Crippen MR) is 65.3 cm³/mol. The predicted octanol–water partition coefficient (Wildman–Crippen LogP) is 3.65. The number of nitrogens with zero attached hydrogens (tertiary/aromatic N) is 1. The van der Waals surface area contributed by atoms with Crippen molar-refractivity contribution < 1.29 is 5.21 Å². The van der Waals surface area contributed by atoms with E-state index in [2.05, 4.69) is 55.4 Å². The number of fused-ring (bicyclic) bond motifs is 1. The zero-order valence-electron chi connectivity index (χ0n) is 12.1. The normalized spacial score (nSPS) is 48.6. The highest BCUT2D eigenvalue weighted by Gasteiger charge is 2.81. The maximum atomic E-state index is 12.7. The Morgan fingerprint density at radius 3 is 1.62 bits per heavy atom. The monoisotopic (exact) mass is 224 g/mol. The molecule has 0 N–H and O–H groups in total. The molecule has 2 heteroatoms. The first-order valence-electron chi connectivity index (χ1n) is 6.34. The minimum Gasteiger partial charge on any atom is -0.143 e. The number of hydrogen-bond donors (Lipinski definition) is 0. The topological polar surface area (TPSA) is 23.1 Å². The summed E-state index contributed by atoms with van der Waals surface area (Å²) in [5.41, 5.74) is -0.0806. The quantitative estimate of drug-likeness (QED) is 0.616. The van der Waals surface area contributed by atoms with Gasteiger partial charge in [-0.15, -0.1) is 10.3 Å². The molecule has 2 atom stereocenters. The Bertz CT molecular complexity index is 335. The zero-order chi connectivity index (χ0) is 12.8. The Balaban J connectivity index is 2.61. The summed E-state index contributed by atoms with van der Waals surface area (Å²) in [4.78, 5) is 0. The van der Waals surface area contributed by atoms with E-state index in [1.165, 1.54) is 11.5 Å². The van der Waals surface area contributed by atoms with Crippen molar-refractivity contribution in [2.24, 2.45) is 16.2 Å². The van der Waals surface area contributed by atoms with Gasteiger partial charge in [0.2, 0.25) is 0 Å². The van der Waals surface area contributed by atoms with Crippen molar-refractivity contribution in [1.82, 2.24) is 5.06 Å². The van der Waals surface area contributed by atoms with Crippen LogP contribution in [0.5, 0.6) is 0 Å². The molecule has 1 saturated heterocycles. The lowest BCUT2D eigenvalue weighted by Crippen LogP contribution is -2.69. The standard InChI is InChI=1S/C14H26NO/c1-10(2)11(3,4)15(16)12(5,6)14(8)9-13(10,14)7/h9H2,1-8H3. The molecule has 2 fully saturated rings. The Kier molecular flexibility index (Phi) is 1.94. The van der Waals surface area contributed by atoms with E-state index in [-0.39, 0.29) is 27.3 Å². The second-order valence-corrected chi connectivity index (χ2v) is 7.88. The Labute approximate surface area is 100.0 Å². The van der Waals surface area contributed by atoms with Gasteiger partial charge in [0, 0.05) is 5.54 Å². The third-order valence-electron chi connectivity index (χ3n) is 7.07. The average Bonchev–Trinajstić information content (AvgIpc) is 2.70. The summed E-state index contributed by atoms with van der Waals surface area (Å²) in [6.45, 7) is 17.6. The van der Waals surface area contributed by atoms with E-state index < -0.39 is 0 Å². The molecule has 0 bridgehead atoms. The Hall–Kier alpha value is -0.0800. The van der Waals surface area contributed by atoms with Gasteiger partial charge in [0.1, 0.15) is 0 Å². The summed E-state index contributed by atoms with van der Waals surface area (Å²) in [6.07, 6.45) is 1.17. The molecule has 0 amide bonds. The van der Waals surface area contributed by atoms with Crippen LogP contribution in [-0.2, 0) is 5.21 Å². The van der Waals surface area contributed by atoms with Crippen molar-refractivity contribution in [2.45, 2.75) is 72.9 Å². The molecule has 1 heterocycles. The van der Waals surface area contributed by atoms with Crippen LogP contribution in [0.1, 0.15) is 61.8 Å². The van der Waals surface area contributed by atoms with Gasteiger partial charge in [-0.3, -0.25) is 0 Å². The molecular formula is C14H26NO. The lowest BCUT2D eigenvalue weighted by Gasteiger charge is -2.61. The van der Waals surface area contributed by atoms with E-state index in [0.29, 0.717) is 0 Å². The largest absolute Gasteiger partial charge is 0.143 e. The van der Waals surface area contributed by atoms with E-state index in [1.807, 2.05) is 0 Å². The first kappa shape index (κ1) is 12.4. The van der Waals surface area contributed by atoms with E-state index in [0.717, 1.165) is 0 Å². The molecule has 2 nitrogen and oxygen atoms in total. The number of hydrogen-bond acceptors (Lipinski definition) is 1. The zero-order valence-corrected chi connectivity index (χ0v) is 12.1. The molecule has 1 radical (unpaired) electrons. The van der Waals surface area contributed by atoms with Gasteiger partial charge in [0.15, 0.2) is 0 Å². The smallest absolute Gasteiger partial charge is 0.0502 e. The number of hydroxylamine groups is 2. The highest BCUT2D eigenvalue weighted by atomic mass is 16.5. The SMILES string of the molecule is CC1(C)N([O])C(C)(C)C2(C)CC2(C)C1(C)C. The van der Waals surface area contributed by atoms with Crippen LogP contribution >= 0.6 is 0 Å². The van der Waals surface area contributed by atoms with Gasteiger partial charge < -0.3 is 0 Å². The van der Waals surface area contributed by atoms with E-state index in [4.69, 9.17) is 0 Å². The molecule has 0 spiro atoms. The van der Waals surface area contributed by atoms with Crippen LogP contribution in [0.3, 0.4) is 0 Å². The molecule has 0 aromatic carbocycles. The van der Waals surface area contributed by atoms with Gasteiger partial charge in [0.25, 0.3) is 0 Å². The first-order valence-corrected chi connectivity index (χ1v) is 6.34. The molecular weight excluding hydrogens is 198 g/mol. The van der Waals surface area contributed by atoms with Gasteiger partial charge in [-0.25, -0.2) is 0 Å². The van der Waals surface area contributed by atoms with Gasteiger partial charge >= 0.3 is 0 Å². The highest BCUT2D eigenvalue weighted by Crippen LogP contribution is 2.81. The van der Waals surface area contributed by atoms with Gasteiger partial charge in [-0.05, 0) is 50.4 Å². The van der Waals surface area contributed by atoms with Crippen molar-refractivity contribution in [3.05, 3.63) is 0 Å². The van der Waals surface area contributed by atoms with Crippen molar-refractivity contribution in [1.29, 1.82) is 0 Å². The highest BCUT2D eigenvalue weighted by molar-refractivity contribution is 5.30. The molecule has 2 rings (SSSR count). The third kappa shape index (κ3) is 0.862. The van der Waals surface area contributed by atoms with E-state index >= 15 is 0 Å². The molecule has 1 aliphatic heterocycles. The Morgan fingerprint density at radius 2 is 1.19 bits per heavy atom. The summed E-state index contributed by atoms with van der Waals surface area (Å²) in [5.74, 6) is 0. The van der Waals surface area contributed by atoms with Crippen LogP contribution < -0.4 is 0 Å². The molecule has 2 unspecified atom stereocenters. The summed E-state index contributed by atoms with van der Waals surface area (Å²) in [6, 6.07) is 0. The van der Waals surface area contributed by atoms with Crippen molar-refractivity contribution >= 4 is 0 Å². The lowest BCUT2D eigenvalue weighted by molar-refractivity contribution is -0.340. The van der Waals surface area contributed by atoms with Crippen LogP contribution in [0, 0.1) is 16.2 Å². The van der Waals surface area contributed by atoms with Crippen molar-refractivity contribution in [2.75, 3.05) is 0 Å². The molecule has 16 heavy (non-hydrogen) atoms. The van der Waals surface area contributed by atoms with E-state index in [1.54, 1.807) is 0 Å². The maximum absolute atomic E-state index is 12.7. The molecule has 0 aromatic heterocycles. The van der Waals surface area contributed by atoms with Gasteiger partial charge in [0.05, 0.1) is 5.54 Å². The summed E-state index contributed by atoms with van der Waals surface area (Å²) in [7, 11) is 0. The molecule has 2 aliphatic rings. The first-order chi connectivity index (χ1) is 6.86. The maximum Gasteiger partial charge on any atom is 0.0502 e. The fourth-order valence-corrected chi connectivity index (χ4v) is 4.32. The van der Waals surface area contributed by atoms with Crippen LogP contribution in [0.4, 0.5) is 0 Å². The van der Waals surface area contributed by atoms with Crippen LogP contribution in [-0.4, -0.2) is 16.1 Å². The second kappa shape index (κ2) is 2.51. The van der Waals surface area contributed by atoms with Crippen LogP contribution in [0.25, 0.3) is 0 Å². The Morgan fingerprint density at radius 1 is 0.750 bits per heavy atom. The second-order valence-electron chi connectivity index (χ2n) is 7.88. The fourth-order valence-electron chi connectivity index (χ4n) is 4.32. The molecule has 1 aliphatic carbocycles. The van der Waals surface area contributed by atoms with Crippen molar-refractivity contribution in [3.63, 3.8) is 0 Å². The molecule has 0 aromatic rings. The summed E-state index contributed by atoms with van der Waals surface area (Å²) < 4.78 is 0. The van der Waals surface area contributed by atoms with Crippen molar-refractivity contribution in [3.8, 4) is 0 Å². The van der Waals surface area contributed by atoms with Crippen LogP contribution in [0.2, 0.25) is 0 Å². The van der Waals surface area contributed by atoms with E-state index in [9.17, 15) is 5.21 Å². The summed E-state index contributed by atoms with van der Waals surface area (Å²) >= 11 is 0. The molecule has 93 valence electrons. The lowest BCUT2D eigenvalue weighted by atomic mass is 9.55. The third-order valence-corrected chi connectivity index (χ3v) is 7.07. The van der Waals surface area contributed by atoms with Gasteiger partial charge in [-0.2, -0.15) is 0 Å². The molecule has 1 saturated carbocycles. The fraction of sp³-hybridized carbons (Fsp3) is 1.00. The van der Waals surface area contributed by atoms with Crippen LogP contribution in [0.15, 0.2) is 0 Å². The minimum atomic E-state index is -0.304. The minimum absolute atomic E-state index is 0.0476.